The first-order chi connectivity index (χ1) is 10.2. The van der Waals surface area contributed by atoms with E-state index in [2.05, 4.69) is 10.3 Å². The molecule has 5 nitrogen and oxygen atoms in total. The molecule has 1 aromatic heterocycles. The fourth-order valence-electron chi connectivity index (χ4n) is 1.89. The van der Waals surface area contributed by atoms with Crippen molar-refractivity contribution < 1.29 is 14.6 Å². The van der Waals surface area contributed by atoms with Crippen LogP contribution >= 0.6 is 11.6 Å². The van der Waals surface area contributed by atoms with Gasteiger partial charge in [0.05, 0.1) is 19.8 Å². The fraction of sp³-hybridized carbons (Fsp3) is 0.200. The SMILES string of the molecule is COc1ncccc1C(=O)NC(CO)c1ccc(Cl)cc1. The van der Waals surface area contributed by atoms with Crippen molar-refractivity contribution in [2.24, 2.45) is 0 Å². The van der Waals surface area contributed by atoms with Crippen LogP contribution in [-0.4, -0.2) is 29.7 Å². The normalized spacial score (nSPS) is 11.8. The zero-order valence-corrected chi connectivity index (χ0v) is 12.2. The summed E-state index contributed by atoms with van der Waals surface area (Å²) in [5.41, 5.74) is 1.07. The molecule has 6 heteroatoms. The molecular formula is C15H15ClN2O3. The Balaban J connectivity index is 2.18. The van der Waals surface area contributed by atoms with E-state index in [4.69, 9.17) is 16.3 Å². The van der Waals surface area contributed by atoms with Crippen molar-refractivity contribution in [2.45, 2.75) is 6.04 Å². The summed E-state index contributed by atoms with van der Waals surface area (Å²) in [5.74, 6) is -0.128. The number of nitrogens with zero attached hydrogens (tertiary/aromatic N) is 1. The van der Waals surface area contributed by atoms with Crippen LogP contribution in [0.15, 0.2) is 42.6 Å². The number of hydrogen-bond donors (Lipinski definition) is 2. The van der Waals surface area contributed by atoms with Gasteiger partial charge in [0, 0.05) is 11.2 Å². The maximum atomic E-state index is 12.3. The summed E-state index contributed by atoms with van der Waals surface area (Å²) in [7, 11) is 1.45. The highest BCUT2D eigenvalue weighted by molar-refractivity contribution is 6.30. The van der Waals surface area contributed by atoms with Crippen molar-refractivity contribution in [1.29, 1.82) is 0 Å². The van der Waals surface area contributed by atoms with E-state index in [1.807, 2.05) is 0 Å². The van der Waals surface area contributed by atoms with E-state index >= 15 is 0 Å². The smallest absolute Gasteiger partial charge is 0.257 e. The molecular weight excluding hydrogens is 292 g/mol. The van der Waals surface area contributed by atoms with Gasteiger partial charge in [-0.1, -0.05) is 23.7 Å². The summed E-state index contributed by atoms with van der Waals surface area (Å²) in [6.45, 7) is -0.226. The van der Waals surface area contributed by atoms with Gasteiger partial charge in [-0.3, -0.25) is 4.79 Å². The Labute approximate surface area is 127 Å². The highest BCUT2D eigenvalue weighted by Crippen LogP contribution is 2.19. The number of carbonyl (C=O) groups is 1. The van der Waals surface area contributed by atoms with Gasteiger partial charge in [0.1, 0.15) is 5.56 Å². The Morgan fingerprint density at radius 3 is 2.71 bits per heavy atom. The van der Waals surface area contributed by atoms with Gasteiger partial charge in [-0.05, 0) is 29.8 Å². The minimum atomic E-state index is -0.528. The molecule has 0 saturated heterocycles. The molecule has 110 valence electrons. The first-order valence-electron chi connectivity index (χ1n) is 6.32. The van der Waals surface area contributed by atoms with Crippen molar-refractivity contribution in [2.75, 3.05) is 13.7 Å². The molecule has 1 aromatic carbocycles. The number of pyridine rings is 1. The monoisotopic (exact) mass is 306 g/mol. The number of amides is 1. The van der Waals surface area contributed by atoms with Gasteiger partial charge < -0.3 is 15.2 Å². The lowest BCUT2D eigenvalue weighted by molar-refractivity contribution is 0.0912. The quantitative estimate of drug-likeness (QED) is 0.888. The summed E-state index contributed by atoms with van der Waals surface area (Å²) >= 11 is 5.83. The van der Waals surface area contributed by atoms with E-state index in [1.54, 1.807) is 42.6 Å². The van der Waals surface area contributed by atoms with Crippen LogP contribution in [0.25, 0.3) is 0 Å². The second-order valence-corrected chi connectivity index (χ2v) is 4.76. The number of rotatable bonds is 5. The molecule has 0 aliphatic carbocycles. The summed E-state index contributed by atoms with van der Waals surface area (Å²) in [5, 5.41) is 12.8. The van der Waals surface area contributed by atoms with Crippen LogP contribution in [0.1, 0.15) is 22.0 Å². The maximum absolute atomic E-state index is 12.3. The Kier molecular flexibility index (Phi) is 5.14. The van der Waals surface area contributed by atoms with Crippen LogP contribution in [0.5, 0.6) is 5.88 Å². The van der Waals surface area contributed by atoms with Crippen LogP contribution in [0.3, 0.4) is 0 Å². The molecule has 0 aliphatic rings. The van der Waals surface area contributed by atoms with Crippen LogP contribution in [0.2, 0.25) is 5.02 Å². The average Bonchev–Trinajstić information content (AvgIpc) is 2.53. The topological polar surface area (TPSA) is 71.5 Å². The number of methoxy groups -OCH3 is 1. The van der Waals surface area contributed by atoms with Gasteiger partial charge in [-0.15, -0.1) is 0 Å². The molecule has 2 aromatic rings. The lowest BCUT2D eigenvalue weighted by Crippen LogP contribution is -2.31. The lowest BCUT2D eigenvalue weighted by Gasteiger charge is -2.17. The Bertz CT molecular complexity index is 617. The molecule has 0 saturated carbocycles. The number of carbonyl (C=O) groups excluding carboxylic acids is 1. The Hall–Kier alpha value is -2.11. The van der Waals surface area contributed by atoms with Crippen molar-refractivity contribution >= 4 is 17.5 Å². The Morgan fingerprint density at radius 2 is 2.10 bits per heavy atom. The number of hydrogen-bond acceptors (Lipinski definition) is 4. The summed E-state index contributed by atoms with van der Waals surface area (Å²) in [6.07, 6.45) is 1.54. The second kappa shape index (κ2) is 7.06. The molecule has 1 heterocycles. The van der Waals surface area contributed by atoms with Crippen molar-refractivity contribution in [1.82, 2.24) is 10.3 Å². The van der Waals surface area contributed by atoms with E-state index in [-0.39, 0.29) is 18.4 Å². The van der Waals surface area contributed by atoms with E-state index in [1.165, 1.54) is 7.11 Å². The molecule has 0 bridgehead atoms. The van der Waals surface area contributed by atoms with Gasteiger partial charge in [0.25, 0.3) is 5.91 Å². The second-order valence-electron chi connectivity index (χ2n) is 4.32. The van der Waals surface area contributed by atoms with E-state index in [0.29, 0.717) is 10.6 Å². The van der Waals surface area contributed by atoms with Crippen molar-refractivity contribution in [3.05, 3.63) is 58.7 Å². The minimum absolute atomic E-state index is 0.226. The first-order valence-corrected chi connectivity index (χ1v) is 6.69. The first kappa shape index (κ1) is 15.3. The zero-order chi connectivity index (χ0) is 15.2. The zero-order valence-electron chi connectivity index (χ0n) is 11.4. The van der Waals surface area contributed by atoms with Crippen molar-refractivity contribution in [3.63, 3.8) is 0 Å². The van der Waals surface area contributed by atoms with Crippen LogP contribution in [0, 0.1) is 0 Å². The van der Waals surface area contributed by atoms with E-state index in [9.17, 15) is 9.90 Å². The summed E-state index contributed by atoms with van der Waals surface area (Å²) in [6, 6.07) is 9.64. The third-order valence-corrected chi connectivity index (χ3v) is 3.22. The maximum Gasteiger partial charge on any atom is 0.257 e. The number of aromatic nitrogens is 1. The predicted molar refractivity (Wildman–Crippen MR) is 79.5 cm³/mol. The summed E-state index contributed by atoms with van der Waals surface area (Å²) < 4.78 is 5.05. The third kappa shape index (κ3) is 3.71. The van der Waals surface area contributed by atoms with Gasteiger partial charge in [0.15, 0.2) is 0 Å². The highest BCUT2D eigenvalue weighted by atomic mass is 35.5. The van der Waals surface area contributed by atoms with E-state index < -0.39 is 6.04 Å². The standard InChI is InChI=1S/C15H15ClN2O3/c1-21-15-12(3-2-8-17-15)14(20)18-13(9-19)10-4-6-11(16)7-5-10/h2-8,13,19H,9H2,1H3,(H,18,20). The number of aliphatic hydroxyl groups is 1. The Morgan fingerprint density at radius 1 is 1.38 bits per heavy atom. The average molecular weight is 307 g/mol. The van der Waals surface area contributed by atoms with Gasteiger partial charge in [-0.2, -0.15) is 0 Å². The number of ether oxygens (including phenoxy) is 1. The van der Waals surface area contributed by atoms with E-state index in [0.717, 1.165) is 5.56 Å². The fourth-order valence-corrected chi connectivity index (χ4v) is 2.02. The van der Waals surface area contributed by atoms with Gasteiger partial charge in [0.2, 0.25) is 5.88 Å². The molecule has 0 spiro atoms. The number of nitrogens with one attached hydrogen (secondary N) is 1. The van der Waals surface area contributed by atoms with Gasteiger partial charge >= 0.3 is 0 Å². The molecule has 21 heavy (non-hydrogen) atoms. The van der Waals surface area contributed by atoms with Gasteiger partial charge in [-0.25, -0.2) is 4.98 Å². The highest BCUT2D eigenvalue weighted by Gasteiger charge is 2.18. The van der Waals surface area contributed by atoms with Crippen LogP contribution < -0.4 is 10.1 Å². The van der Waals surface area contributed by atoms with Crippen LogP contribution in [0.4, 0.5) is 0 Å². The number of halogens is 1. The molecule has 1 unspecified atom stereocenters. The molecule has 0 aliphatic heterocycles. The molecule has 0 fully saturated rings. The predicted octanol–water partition coefficient (Wildman–Crippen LogP) is 2.21. The molecule has 1 amide bonds. The lowest BCUT2D eigenvalue weighted by atomic mass is 10.1. The molecule has 2 rings (SSSR count). The number of benzene rings is 1. The minimum Gasteiger partial charge on any atom is -0.480 e. The largest absolute Gasteiger partial charge is 0.480 e. The summed E-state index contributed by atoms with van der Waals surface area (Å²) in [4.78, 5) is 16.2. The van der Waals surface area contributed by atoms with Crippen molar-refractivity contribution in [3.8, 4) is 5.88 Å². The number of aliphatic hydroxyl groups excluding tert-OH is 1. The molecule has 1 atom stereocenters. The van der Waals surface area contributed by atoms with Crippen LogP contribution in [-0.2, 0) is 0 Å². The molecule has 0 radical (unpaired) electrons. The third-order valence-electron chi connectivity index (χ3n) is 2.97. The molecule has 2 N–H and O–H groups in total.